The molecule has 0 aliphatic rings. The van der Waals surface area contributed by atoms with Crippen LogP contribution in [0.5, 0.6) is 0 Å². The van der Waals surface area contributed by atoms with E-state index in [0.29, 0.717) is 11.4 Å². The number of anilines is 1. The van der Waals surface area contributed by atoms with Gasteiger partial charge in [-0.2, -0.15) is 5.10 Å². The van der Waals surface area contributed by atoms with Crippen LogP contribution in [0.2, 0.25) is 0 Å². The highest BCUT2D eigenvalue weighted by Crippen LogP contribution is 2.06. The van der Waals surface area contributed by atoms with Crippen molar-refractivity contribution in [3.63, 3.8) is 0 Å². The van der Waals surface area contributed by atoms with Crippen LogP contribution in [-0.4, -0.2) is 16.1 Å². The third-order valence-electron chi connectivity index (χ3n) is 1.92. The van der Waals surface area contributed by atoms with Crippen molar-refractivity contribution < 1.29 is 9.18 Å². The molecule has 5 heteroatoms. The summed E-state index contributed by atoms with van der Waals surface area (Å²) in [7, 11) is 0. The van der Waals surface area contributed by atoms with Crippen LogP contribution in [0.1, 0.15) is 10.4 Å². The first kappa shape index (κ1) is 10.2. The molecule has 1 N–H and O–H groups in total. The molecular formula is C11H8FN3O. The van der Waals surface area contributed by atoms with Crippen molar-refractivity contribution in [3.8, 4) is 0 Å². The Bertz CT molecular complexity index is 484. The highest BCUT2D eigenvalue weighted by molar-refractivity contribution is 6.03. The number of carbonyl (C=O) groups excluding carboxylic acids is 1. The number of halogens is 1. The fourth-order valence-electron chi connectivity index (χ4n) is 1.16. The molecule has 0 bridgehead atoms. The molecule has 1 aromatic heterocycles. The van der Waals surface area contributed by atoms with Gasteiger partial charge in [0, 0.05) is 11.8 Å². The van der Waals surface area contributed by atoms with Gasteiger partial charge in [0.1, 0.15) is 5.82 Å². The quantitative estimate of drug-likeness (QED) is 0.835. The summed E-state index contributed by atoms with van der Waals surface area (Å²) in [6.45, 7) is 0. The predicted octanol–water partition coefficient (Wildman–Crippen LogP) is 1.87. The number of aromatic nitrogens is 2. The molecule has 0 aliphatic heterocycles. The maximum absolute atomic E-state index is 12.6. The molecule has 0 radical (unpaired) electrons. The number of benzene rings is 1. The molecule has 16 heavy (non-hydrogen) atoms. The van der Waals surface area contributed by atoms with Crippen molar-refractivity contribution in [2.45, 2.75) is 0 Å². The Morgan fingerprint density at radius 3 is 2.56 bits per heavy atom. The summed E-state index contributed by atoms with van der Waals surface area (Å²) in [5, 5.41) is 9.87. The predicted molar refractivity (Wildman–Crippen MR) is 56.4 cm³/mol. The Kier molecular flexibility index (Phi) is 2.86. The third kappa shape index (κ3) is 2.38. The number of nitrogens with one attached hydrogen (secondary N) is 1. The van der Waals surface area contributed by atoms with Crippen molar-refractivity contribution in [3.05, 3.63) is 54.0 Å². The van der Waals surface area contributed by atoms with Gasteiger partial charge in [-0.15, -0.1) is 5.10 Å². The van der Waals surface area contributed by atoms with E-state index >= 15 is 0 Å². The van der Waals surface area contributed by atoms with E-state index < -0.39 is 0 Å². The van der Waals surface area contributed by atoms with Crippen LogP contribution >= 0.6 is 0 Å². The number of rotatable bonds is 2. The third-order valence-corrected chi connectivity index (χ3v) is 1.92. The Balaban J connectivity index is 2.12. The van der Waals surface area contributed by atoms with Gasteiger partial charge in [-0.25, -0.2) is 4.39 Å². The van der Waals surface area contributed by atoms with Crippen LogP contribution in [0.25, 0.3) is 0 Å². The first-order valence-electron chi connectivity index (χ1n) is 4.60. The summed E-state index contributed by atoms with van der Waals surface area (Å²) in [5.74, 6) is -0.367. The SMILES string of the molecule is O=C(Nc1cccnn1)c1ccc(F)cc1. The highest BCUT2D eigenvalue weighted by Gasteiger charge is 2.06. The smallest absolute Gasteiger partial charge is 0.256 e. The molecule has 0 fully saturated rings. The summed E-state index contributed by atoms with van der Waals surface area (Å²) in [5.41, 5.74) is 0.368. The summed E-state index contributed by atoms with van der Waals surface area (Å²) in [4.78, 5) is 11.6. The fraction of sp³-hybridized carbons (Fsp3) is 0. The van der Waals surface area contributed by atoms with Crippen molar-refractivity contribution in [2.24, 2.45) is 0 Å². The van der Waals surface area contributed by atoms with Crippen LogP contribution in [0, 0.1) is 5.82 Å². The molecule has 0 aliphatic carbocycles. The molecule has 80 valence electrons. The van der Waals surface area contributed by atoms with Crippen LogP contribution in [-0.2, 0) is 0 Å². The van der Waals surface area contributed by atoms with Crippen molar-refractivity contribution in [1.29, 1.82) is 0 Å². The lowest BCUT2D eigenvalue weighted by Gasteiger charge is -2.02. The molecule has 0 saturated heterocycles. The Labute approximate surface area is 91.1 Å². The lowest BCUT2D eigenvalue weighted by atomic mass is 10.2. The molecule has 2 aromatic rings. The molecule has 1 amide bonds. The van der Waals surface area contributed by atoms with Crippen LogP contribution in [0.15, 0.2) is 42.6 Å². The van der Waals surface area contributed by atoms with Gasteiger partial charge in [0.2, 0.25) is 0 Å². The van der Waals surface area contributed by atoms with E-state index in [1.807, 2.05) is 0 Å². The zero-order valence-corrected chi connectivity index (χ0v) is 8.22. The second kappa shape index (κ2) is 4.48. The average molecular weight is 217 g/mol. The van der Waals surface area contributed by atoms with Gasteiger partial charge >= 0.3 is 0 Å². The highest BCUT2D eigenvalue weighted by atomic mass is 19.1. The van der Waals surface area contributed by atoms with Crippen LogP contribution in [0.4, 0.5) is 10.2 Å². The van der Waals surface area contributed by atoms with Gasteiger partial charge in [0.25, 0.3) is 5.91 Å². The maximum atomic E-state index is 12.6. The number of amides is 1. The van der Waals surface area contributed by atoms with E-state index in [-0.39, 0.29) is 11.7 Å². The minimum atomic E-state index is -0.379. The Hall–Kier alpha value is -2.30. The van der Waals surface area contributed by atoms with Crippen molar-refractivity contribution in [1.82, 2.24) is 10.2 Å². The zero-order valence-electron chi connectivity index (χ0n) is 8.22. The normalized spacial score (nSPS) is 9.81. The summed E-state index contributed by atoms with van der Waals surface area (Å²) >= 11 is 0. The number of hydrogen-bond acceptors (Lipinski definition) is 3. The van der Waals surface area contributed by atoms with Gasteiger partial charge in [0.15, 0.2) is 5.82 Å². The maximum Gasteiger partial charge on any atom is 0.256 e. The van der Waals surface area contributed by atoms with Gasteiger partial charge in [0.05, 0.1) is 0 Å². The fourth-order valence-corrected chi connectivity index (χ4v) is 1.16. The van der Waals surface area contributed by atoms with E-state index in [1.165, 1.54) is 30.5 Å². The molecule has 4 nitrogen and oxygen atoms in total. The van der Waals surface area contributed by atoms with Crippen LogP contribution in [0.3, 0.4) is 0 Å². The van der Waals surface area contributed by atoms with Gasteiger partial charge < -0.3 is 5.32 Å². The Morgan fingerprint density at radius 2 is 1.94 bits per heavy atom. The number of nitrogens with zero attached hydrogens (tertiary/aromatic N) is 2. The van der Waals surface area contributed by atoms with Crippen molar-refractivity contribution >= 4 is 11.7 Å². The number of carbonyl (C=O) groups is 1. The van der Waals surface area contributed by atoms with Crippen molar-refractivity contribution in [2.75, 3.05) is 5.32 Å². The second-order valence-electron chi connectivity index (χ2n) is 3.07. The number of hydrogen-bond donors (Lipinski definition) is 1. The molecule has 0 spiro atoms. The largest absolute Gasteiger partial charge is 0.305 e. The van der Waals surface area contributed by atoms with Gasteiger partial charge in [-0.1, -0.05) is 0 Å². The van der Waals surface area contributed by atoms with E-state index in [9.17, 15) is 9.18 Å². The molecule has 0 unspecified atom stereocenters. The topological polar surface area (TPSA) is 54.9 Å². The second-order valence-corrected chi connectivity index (χ2v) is 3.07. The lowest BCUT2D eigenvalue weighted by Crippen LogP contribution is -2.13. The Morgan fingerprint density at radius 1 is 1.19 bits per heavy atom. The monoisotopic (exact) mass is 217 g/mol. The molecule has 1 heterocycles. The van der Waals surface area contributed by atoms with E-state index in [1.54, 1.807) is 12.1 Å². The standard InChI is InChI=1S/C11H8FN3O/c12-9-5-3-8(4-6-9)11(16)14-10-2-1-7-13-15-10/h1-7H,(H,14,15,16). The molecular weight excluding hydrogens is 209 g/mol. The first-order valence-corrected chi connectivity index (χ1v) is 4.60. The summed E-state index contributed by atoms with van der Waals surface area (Å²) in [6, 6.07) is 8.54. The van der Waals surface area contributed by atoms with Crippen LogP contribution < -0.4 is 5.32 Å². The zero-order chi connectivity index (χ0) is 11.4. The van der Waals surface area contributed by atoms with Gasteiger partial charge in [-0.3, -0.25) is 4.79 Å². The molecule has 0 atom stereocenters. The molecule has 2 rings (SSSR count). The first-order chi connectivity index (χ1) is 7.75. The van der Waals surface area contributed by atoms with E-state index in [0.717, 1.165) is 0 Å². The van der Waals surface area contributed by atoms with E-state index in [2.05, 4.69) is 15.5 Å². The minimum absolute atomic E-state index is 0.347. The summed E-state index contributed by atoms with van der Waals surface area (Å²) in [6.07, 6.45) is 1.51. The molecule has 0 saturated carbocycles. The summed E-state index contributed by atoms with van der Waals surface area (Å²) < 4.78 is 12.6. The minimum Gasteiger partial charge on any atom is -0.305 e. The van der Waals surface area contributed by atoms with Gasteiger partial charge in [-0.05, 0) is 36.4 Å². The molecule has 1 aromatic carbocycles. The average Bonchev–Trinajstić information content (AvgIpc) is 2.31. The van der Waals surface area contributed by atoms with E-state index in [4.69, 9.17) is 0 Å². The lowest BCUT2D eigenvalue weighted by molar-refractivity contribution is 0.102.